The van der Waals surface area contributed by atoms with E-state index < -0.39 is 5.97 Å². The Kier molecular flexibility index (Phi) is 23.9. The molecule has 1 saturated carbocycles. The molecule has 0 aromatic rings. The summed E-state index contributed by atoms with van der Waals surface area (Å²) in [7, 11) is 0. The van der Waals surface area contributed by atoms with Gasteiger partial charge in [-0.25, -0.2) is 0 Å². The first kappa shape index (κ1) is 31.0. The first-order valence-corrected chi connectivity index (χ1v) is 12.8. The van der Waals surface area contributed by atoms with E-state index in [4.69, 9.17) is 25.0 Å². The van der Waals surface area contributed by atoms with Crippen molar-refractivity contribution >= 4 is 5.97 Å². The van der Waals surface area contributed by atoms with Gasteiger partial charge in [0.05, 0.1) is 32.5 Å². The Morgan fingerprint density at radius 1 is 0.812 bits per heavy atom. The van der Waals surface area contributed by atoms with E-state index in [1.807, 2.05) is 0 Å². The Morgan fingerprint density at radius 3 is 1.72 bits per heavy atom. The Balaban J connectivity index is 0.000000677. The highest BCUT2D eigenvalue weighted by Crippen LogP contribution is 2.26. The summed E-state index contributed by atoms with van der Waals surface area (Å²) in [5, 5.41) is 26.9. The fourth-order valence-corrected chi connectivity index (χ4v) is 3.14. The lowest BCUT2D eigenvalue weighted by atomic mass is 10.1. The summed E-state index contributed by atoms with van der Waals surface area (Å²) in [5.74, 6) is -0.664. The van der Waals surface area contributed by atoms with E-state index >= 15 is 0 Å². The lowest BCUT2D eigenvalue weighted by Gasteiger charge is -2.19. The smallest absolute Gasteiger partial charge is 0.303 e. The number of rotatable bonds is 22. The fraction of sp³-hybridized carbons (Fsp3) is 0.880. The zero-order valence-corrected chi connectivity index (χ0v) is 20.4. The molecule has 7 heteroatoms. The van der Waals surface area contributed by atoms with Crippen LogP contribution in [0.2, 0.25) is 0 Å². The zero-order chi connectivity index (χ0) is 23.7. The third-order valence-corrected chi connectivity index (χ3v) is 5.12. The standard InChI is InChI=1S/C18H34O2.C7H15NO4/c1-2-3-4-5-6-7-8-9-10-11-12-13-14-15-16-17-18(19)20;9-3-5-11-8(7-1-2-7)12-6-4-10/h9-10H,2-8,11-17H2,1H3,(H,19,20);7,9-10H,1-6H2/b10-9-;. The number of aliphatic carboxylic acids is 1. The van der Waals surface area contributed by atoms with Gasteiger partial charge in [-0.05, 0) is 44.9 Å². The zero-order valence-electron chi connectivity index (χ0n) is 20.4. The SMILES string of the molecule is CCCCCCCC/C=C\CCCCCCCC(=O)O.OCCON(OCCO)C1CC1. The summed E-state index contributed by atoms with van der Waals surface area (Å²) in [6.07, 6.45) is 23.3. The van der Waals surface area contributed by atoms with Gasteiger partial charge in [-0.1, -0.05) is 75.7 Å². The van der Waals surface area contributed by atoms with Crippen LogP contribution >= 0.6 is 0 Å². The van der Waals surface area contributed by atoms with Gasteiger partial charge >= 0.3 is 5.97 Å². The van der Waals surface area contributed by atoms with Gasteiger partial charge in [0, 0.05) is 6.42 Å². The maximum atomic E-state index is 10.3. The Labute approximate surface area is 195 Å². The number of allylic oxidation sites excluding steroid dienone is 2. The molecule has 1 fully saturated rings. The molecule has 32 heavy (non-hydrogen) atoms. The molecule has 1 aliphatic rings. The van der Waals surface area contributed by atoms with Crippen molar-refractivity contribution in [3.63, 3.8) is 0 Å². The average Bonchev–Trinajstić information content (AvgIpc) is 3.62. The van der Waals surface area contributed by atoms with E-state index in [9.17, 15) is 4.79 Å². The maximum Gasteiger partial charge on any atom is 0.303 e. The van der Waals surface area contributed by atoms with Crippen LogP contribution in [0.5, 0.6) is 0 Å². The third-order valence-electron chi connectivity index (χ3n) is 5.12. The van der Waals surface area contributed by atoms with E-state index in [-0.39, 0.29) is 26.4 Å². The number of hydrogen-bond acceptors (Lipinski definition) is 6. The van der Waals surface area contributed by atoms with Gasteiger partial charge in [0.25, 0.3) is 0 Å². The Bertz CT molecular complexity index is 421. The normalized spacial score (nSPS) is 13.5. The number of unbranched alkanes of at least 4 members (excludes halogenated alkanes) is 11. The highest BCUT2D eigenvalue weighted by atomic mass is 17.0. The van der Waals surface area contributed by atoms with Gasteiger partial charge in [0.15, 0.2) is 0 Å². The lowest BCUT2D eigenvalue weighted by molar-refractivity contribution is -0.377. The van der Waals surface area contributed by atoms with Crippen molar-refractivity contribution in [2.75, 3.05) is 26.4 Å². The van der Waals surface area contributed by atoms with Gasteiger partial charge in [-0.2, -0.15) is 0 Å². The third kappa shape index (κ3) is 23.7. The van der Waals surface area contributed by atoms with E-state index in [2.05, 4.69) is 19.1 Å². The van der Waals surface area contributed by atoms with Crippen molar-refractivity contribution in [3.8, 4) is 0 Å². The molecule has 0 atom stereocenters. The quantitative estimate of drug-likeness (QED) is 0.113. The average molecular weight is 460 g/mol. The van der Waals surface area contributed by atoms with Crippen LogP contribution in [0, 0.1) is 0 Å². The minimum absolute atomic E-state index is 0.0221. The lowest BCUT2D eigenvalue weighted by Crippen LogP contribution is -2.29. The van der Waals surface area contributed by atoms with Crippen LogP contribution in [-0.4, -0.2) is 59.0 Å². The second-order valence-electron chi connectivity index (χ2n) is 8.36. The number of carbonyl (C=O) groups is 1. The molecule has 190 valence electrons. The Morgan fingerprint density at radius 2 is 1.28 bits per heavy atom. The minimum Gasteiger partial charge on any atom is -0.481 e. The van der Waals surface area contributed by atoms with E-state index in [1.54, 1.807) is 0 Å². The molecular weight excluding hydrogens is 410 g/mol. The molecule has 1 aliphatic carbocycles. The molecule has 0 unspecified atom stereocenters. The summed E-state index contributed by atoms with van der Waals surface area (Å²) in [4.78, 5) is 20.5. The van der Waals surface area contributed by atoms with Crippen molar-refractivity contribution in [2.24, 2.45) is 0 Å². The minimum atomic E-state index is -0.664. The largest absolute Gasteiger partial charge is 0.481 e. The molecule has 0 aliphatic heterocycles. The predicted octanol–water partition coefficient (Wildman–Crippen LogP) is 5.41. The number of aliphatic hydroxyl groups excluding tert-OH is 2. The van der Waals surface area contributed by atoms with Crippen LogP contribution in [0.25, 0.3) is 0 Å². The van der Waals surface area contributed by atoms with Crippen LogP contribution in [0.3, 0.4) is 0 Å². The van der Waals surface area contributed by atoms with Crippen LogP contribution < -0.4 is 0 Å². The Hall–Kier alpha value is -0.990. The monoisotopic (exact) mass is 459 g/mol. The summed E-state index contributed by atoms with van der Waals surface area (Å²) in [6.45, 7) is 2.69. The highest BCUT2D eigenvalue weighted by molar-refractivity contribution is 5.66. The van der Waals surface area contributed by atoms with Crippen molar-refractivity contribution in [1.29, 1.82) is 0 Å². The molecular formula is C25H49NO6. The number of carboxylic acid groups (broad SMARTS) is 1. The predicted molar refractivity (Wildman–Crippen MR) is 128 cm³/mol. The highest BCUT2D eigenvalue weighted by Gasteiger charge is 2.31. The molecule has 0 saturated heterocycles. The van der Waals surface area contributed by atoms with E-state index in [0.29, 0.717) is 12.5 Å². The van der Waals surface area contributed by atoms with Crippen molar-refractivity contribution in [1.82, 2.24) is 5.23 Å². The van der Waals surface area contributed by atoms with Crippen LogP contribution in [0.4, 0.5) is 0 Å². The van der Waals surface area contributed by atoms with Gasteiger partial charge in [0.2, 0.25) is 0 Å². The van der Waals surface area contributed by atoms with Gasteiger partial charge < -0.3 is 15.3 Å². The number of hydrogen-bond donors (Lipinski definition) is 3. The summed E-state index contributed by atoms with van der Waals surface area (Å²) >= 11 is 0. The second kappa shape index (κ2) is 24.6. The second-order valence-corrected chi connectivity index (χ2v) is 8.36. The van der Waals surface area contributed by atoms with Crippen LogP contribution in [-0.2, 0) is 14.5 Å². The molecule has 0 radical (unpaired) electrons. The topological polar surface area (TPSA) is 99.5 Å². The molecule has 7 nitrogen and oxygen atoms in total. The first-order valence-electron chi connectivity index (χ1n) is 12.8. The molecule has 0 aromatic heterocycles. The summed E-state index contributed by atoms with van der Waals surface area (Å²) < 4.78 is 0. The maximum absolute atomic E-state index is 10.3. The van der Waals surface area contributed by atoms with Gasteiger partial charge in [-0.3, -0.25) is 14.5 Å². The van der Waals surface area contributed by atoms with Crippen LogP contribution in [0.15, 0.2) is 12.2 Å². The van der Waals surface area contributed by atoms with Gasteiger partial charge in [-0.15, -0.1) is 0 Å². The molecule has 0 aromatic carbocycles. The summed E-state index contributed by atoms with van der Waals surface area (Å²) in [5.41, 5.74) is 0. The van der Waals surface area contributed by atoms with Crippen molar-refractivity contribution in [2.45, 2.75) is 116 Å². The molecule has 0 bridgehead atoms. The molecule has 0 spiro atoms. The first-order chi connectivity index (χ1) is 15.7. The fourth-order valence-electron chi connectivity index (χ4n) is 3.14. The number of carboxylic acids is 1. The number of aliphatic hydroxyl groups is 2. The molecule has 0 heterocycles. The summed E-state index contributed by atoms with van der Waals surface area (Å²) in [6, 6.07) is 0.308. The number of hydroxylamine groups is 2. The van der Waals surface area contributed by atoms with Crippen LogP contribution in [0.1, 0.15) is 110 Å². The van der Waals surface area contributed by atoms with E-state index in [0.717, 1.165) is 25.7 Å². The van der Waals surface area contributed by atoms with Crippen molar-refractivity contribution in [3.05, 3.63) is 12.2 Å². The van der Waals surface area contributed by atoms with Crippen molar-refractivity contribution < 1.29 is 29.8 Å². The molecule has 3 N–H and O–H groups in total. The molecule has 1 rings (SSSR count). The van der Waals surface area contributed by atoms with Gasteiger partial charge in [0.1, 0.15) is 0 Å². The molecule has 0 amide bonds. The number of nitrogens with zero attached hydrogens (tertiary/aromatic N) is 1. The van der Waals surface area contributed by atoms with E-state index in [1.165, 1.54) is 75.9 Å².